The van der Waals surface area contributed by atoms with Gasteiger partial charge in [-0.15, -0.1) is 0 Å². The van der Waals surface area contributed by atoms with Crippen LogP contribution in [-0.4, -0.2) is 57.2 Å². The van der Waals surface area contributed by atoms with E-state index < -0.39 is 0 Å². The molecular formula is C18H29N3O2. The minimum absolute atomic E-state index is 0.251. The zero-order valence-corrected chi connectivity index (χ0v) is 14.5. The lowest BCUT2D eigenvalue weighted by atomic mass is 10.2. The molecular weight excluding hydrogens is 290 g/mol. The highest BCUT2D eigenvalue weighted by Crippen LogP contribution is 2.28. The van der Waals surface area contributed by atoms with Crippen molar-refractivity contribution in [1.82, 2.24) is 10.2 Å². The van der Waals surface area contributed by atoms with Gasteiger partial charge in [-0.1, -0.05) is 26.0 Å². The number of piperazine rings is 1. The summed E-state index contributed by atoms with van der Waals surface area (Å²) in [4.78, 5) is 16.5. The third-order valence-electron chi connectivity index (χ3n) is 4.13. The second-order valence-electron chi connectivity index (χ2n) is 6.39. The molecule has 0 radical (unpaired) electrons. The molecule has 0 saturated carbocycles. The smallest absolute Gasteiger partial charge is 0.223 e. The third-order valence-corrected chi connectivity index (χ3v) is 4.13. The Bertz CT molecular complexity index is 497. The van der Waals surface area contributed by atoms with E-state index in [1.165, 1.54) is 0 Å². The highest BCUT2D eigenvalue weighted by atomic mass is 16.5. The first-order valence-electron chi connectivity index (χ1n) is 8.48. The molecule has 0 aromatic heterocycles. The number of anilines is 1. The predicted molar refractivity (Wildman–Crippen MR) is 94.1 cm³/mol. The van der Waals surface area contributed by atoms with Gasteiger partial charge >= 0.3 is 0 Å². The number of carbonyl (C=O) groups excluding carboxylic acids is 1. The first-order valence-corrected chi connectivity index (χ1v) is 8.48. The van der Waals surface area contributed by atoms with Crippen molar-refractivity contribution in [3.63, 3.8) is 0 Å². The summed E-state index contributed by atoms with van der Waals surface area (Å²) in [6.45, 7) is 9.34. The highest BCUT2D eigenvalue weighted by Gasteiger charge is 2.22. The van der Waals surface area contributed by atoms with Crippen molar-refractivity contribution >= 4 is 11.6 Å². The van der Waals surface area contributed by atoms with Gasteiger partial charge in [0.1, 0.15) is 5.75 Å². The van der Waals surface area contributed by atoms with Crippen molar-refractivity contribution in [2.45, 2.75) is 20.3 Å². The van der Waals surface area contributed by atoms with E-state index in [2.05, 4.69) is 30.1 Å². The molecule has 1 amide bonds. The molecule has 0 spiro atoms. The predicted octanol–water partition coefficient (Wildman–Crippen LogP) is 1.98. The van der Waals surface area contributed by atoms with Crippen LogP contribution in [0.1, 0.15) is 20.3 Å². The molecule has 1 aliphatic heterocycles. The van der Waals surface area contributed by atoms with Gasteiger partial charge in [0.05, 0.1) is 12.8 Å². The summed E-state index contributed by atoms with van der Waals surface area (Å²) in [5.41, 5.74) is 1.11. The Kier molecular flexibility index (Phi) is 6.71. The van der Waals surface area contributed by atoms with Crippen molar-refractivity contribution in [2.75, 3.05) is 51.3 Å². The lowest BCUT2D eigenvalue weighted by molar-refractivity contribution is -0.131. The van der Waals surface area contributed by atoms with Crippen LogP contribution in [0.25, 0.3) is 0 Å². The van der Waals surface area contributed by atoms with Crippen molar-refractivity contribution in [2.24, 2.45) is 5.92 Å². The van der Waals surface area contributed by atoms with Gasteiger partial charge < -0.3 is 19.9 Å². The molecule has 1 aromatic rings. The van der Waals surface area contributed by atoms with Crippen LogP contribution in [0.5, 0.6) is 5.75 Å². The van der Waals surface area contributed by atoms with E-state index in [-0.39, 0.29) is 5.91 Å². The molecule has 2 rings (SSSR count). The topological polar surface area (TPSA) is 44.8 Å². The average molecular weight is 319 g/mol. The second kappa shape index (κ2) is 8.77. The number of methoxy groups -OCH3 is 1. The first kappa shape index (κ1) is 17.6. The maximum Gasteiger partial charge on any atom is 0.223 e. The fourth-order valence-electron chi connectivity index (χ4n) is 2.83. The van der Waals surface area contributed by atoms with Gasteiger partial charge in [-0.3, -0.25) is 4.79 Å². The standard InChI is InChI=1S/C18H29N3O2/c1-15(2)14-19-9-8-18(22)21-12-10-20(11-13-21)16-6-4-5-7-17(16)23-3/h4-7,15,19H,8-14H2,1-3H3. The molecule has 0 atom stereocenters. The van der Waals surface area contributed by atoms with Crippen molar-refractivity contribution in [3.8, 4) is 5.75 Å². The fourth-order valence-corrected chi connectivity index (χ4v) is 2.83. The highest BCUT2D eigenvalue weighted by molar-refractivity contribution is 5.76. The van der Waals surface area contributed by atoms with E-state index in [9.17, 15) is 4.79 Å². The van der Waals surface area contributed by atoms with Crippen LogP contribution in [0.4, 0.5) is 5.69 Å². The Balaban J connectivity index is 1.78. The number of rotatable bonds is 7. The number of ether oxygens (including phenoxy) is 1. The van der Waals surface area contributed by atoms with Crippen LogP contribution in [0, 0.1) is 5.92 Å². The molecule has 1 saturated heterocycles. The van der Waals surface area contributed by atoms with Gasteiger partial charge in [-0.2, -0.15) is 0 Å². The monoisotopic (exact) mass is 319 g/mol. The maximum absolute atomic E-state index is 12.3. The van der Waals surface area contributed by atoms with Crippen molar-refractivity contribution < 1.29 is 9.53 Å². The number of nitrogens with one attached hydrogen (secondary N) is 1. The number of hydrogen-bond acceptors (Lipinski definition) is 4. The zero-order chi connectivity index (χ0) is 16.7. The van der Waals surface area contributed by atoms with E-state index in [4.69, 9.17) is 4.74 Å². The second-order valence-corrected chi connectivity index (χ2v) is 6.39. The number of carbonyl (C=O) groups is 1. The van der Waals surface area contributed by atoms with E-state index in [1.54, 1.807) is 7.11 Å². The minimum atomic E-state index is 0.251. The largest absolute Gasteiger partial charge is 0.495 e. The summed E-state index contributed by atoms with van der Waals surface area (Å²) >= 11 is 0. The van der Waals surface area contributed by atoms with Gasteiger partial charge in [0.25, 0.3) is 0 Å². The summed E-state index contributed by atoms with van der Waals surface area (Å²) in [6.07, 6.45) is 0.585. The van der Waals surface area contributed by atoms with E-state index >= 15 is 0 Å². The average Bonchev–Trinajstić information content (AvgIpc) is 2.58. The summed E-state index contributed by atoms with van der Waals surface area (Å²) in [6, 6.07) is 8.06. The molecule has 1 N–H and O–H groups in total. The van der Waals surface area contributed by atoms with Gasteiger partial charge in [-0.05, 0) is 24.6 Å². The summed E-state index contributed by atoms with van der Waals surface area (Å²) < 4.78 is 5.43. The molecule has 0 bridgehead atoms. The van der Waals surface area contributed by atoms with E-state index in [1.807, 2.05) is 23.1 Å². The van der Waals surface area contributed by atoms with Crippen LogP contribution in [0.15, 0.2) is 24.3 Å². The molecule has 0 aliphatic carbocycles. The molecule has 23 heavy (non-hydrogen) atoms. The summed E-state index contributed by atoms with van der Waals surface area (Å²) in [5, 5.41) is 3.33. The van der Waals surface area contributed by atoms with Crippen LogP contribution >= 0.6 is 0 Å². The number of hydrogen-bond donors (Lipinski definition) is 1. The lowest BCUT2D eigenvalue weighted by Crippen LogP contribution is -2.49. The third kappa shape index (κ3) is 5.13. The van der Waals surface area contributed by atoms with Gasteiger partial charge in [-0.25, -0.2) is 0 Å². The maximum atomic E-state index is 12.3. The lowest BCUT2D eigenvalue weighted by Gasteiger charge is -2.36. The van der Waals surface area contributed by atoms with Gasteiger partial charge in [0.15, 0.2) is 0 Å². The number of benzene rings is 1. The van der Waals surface area contributed by atoms with Crippen molar-refractivity contribution in [1.29, 1.82) is 0 Å². The normalized spacial score (nSPS) is 15.1. The Morgan fingerprint density at radius 3 is 2.57 bits per heavy atom. The fraction of sp³-hybridized carbons (Fsp3) is 0.611. The first-order chi connectivity index (χ1) is 11.1. The molecule has 128 valence electrons. The Morgan fingerprint density at radius 1 is 1.22 bits per heavy atom. The molecule has 0 unspecified atom stereocenters. The van der Waals surface area contributed by atoms with Crippen LogP contribution in [0.3, 0.4) is 0 Å². The molecule has 1 aromatic carbocycles. The van der Waals surface area contributed by atoms with Crippen LogP contribution in [0.2, 0.25) is 0 Å². The molecule has 5 heteroatoms. The number of amides is 1. The Labute approximate surface area is 139 Å². The van der Waals surface area contributed by atoms with Gasteiger partial charge in [0, 0.05) is 39.1 Å². The summed E-state index contributed by atoms with van der Waals surface area (Å²) in [5.74, 6) is 1.76. The summed E-state index contributed by atoms with van der Waals surface area (Å²) in [7, 11) is 1.70. The van der Waals surface area contributed by atoms with Crippen LogP contribution < -0.4 is 15.0 Å². The van der Waals surface area contributed by atoms with E-state index in [0.717, 1.165) is 50.7 Å². The minimum Gasteiger partial charge on any atom is -0.495 e. The van der Waals surface area contributed by atoms with E-state index in [0.29, 0.717) is 12.3 Å². The molecule has 1 fully saturated rings. The van der Waals surface area contributed by atoms with Crippen LogP contribution in [-0.2, 0) is 4.79 Å². The van der Waals surface area contributed by atoms with Gasteiger partial charge in [0.2, 0.25) is 5.91 Å². The molecule has 1 aliphatic rings. The zero-order valence-electron chi connectivity index (χ0n) is 14.5. The van der Waals surface area contributed by atoms with Crippen molar-refractivity contribution in [3.05, 3.63) is 24.3 Å². The number of para-hydroxylation sites is 2. The number of nitrogens with zero attached hydrogens (tertiary/aromatic N) is 2. The molecule has 5 nitrogen and oxygen atoms in total. The molecule has 1 heterocycles. The SMILES string of the molecule is COc1ccccc1N1CCN(C(=O)CCNCC(C)C)CC1. The Hall–Kier alpha value is -1.75. The Morgan fingerprint density at radius 2 is 1.91 bits per heavy atom. The quantitative estimate of drug-likeness (QED) is 0.781.